The molecular weight excluding hydrogens is 348 g/mol. The molecule has 1 aromatic carbocycles. The van der Waals surface area contributed by atoms with Crippen LogP contribution in [0.1, 0.15) is 31.4 Å². The van der Waals surface area contributed by atoms with Crippen LogP contribution in [0.25, 0.3) is 0 Å². The Balaban J connectivity index is 1.89. The van der Waals surface area contributed by atoms with E-state index in [-0.39, 0.29) is 21.9 Å². The fourth-order valence-electron chi connectivity index (χ4n) is 2.16. The van der Waals surface area contributed by atoms with Gasteiger partial charge < -0.3 is 14.9 Å². The minimum Gasteiger partial charge on any atom is -0.481 e. The molecule has 0 aliphatic heterocycles. The van der Waals surface area contributed by atoms with Crippen LogP contribution < -0.4 is 5.32 Å². The summed E-state index contributed by atoms with van der Waals surface area (Å²) in [6.07, 6.45) is 0.988. The van der Waals surface area contributed by atoms with E-state index in [0.29, 0.717) is 17.4 Å². The molecular formula is C16H10N2O6S. The van der Waals surface area contributed by atoms with E-state index in [4.69, 9.17) is 9.63 Å². The molecule has 1 aromatic heterocycles. The van der Waals surface area contributed by atoms with Crippen molar-refractivity contribution in [3.8, 4) is 0 Å². The predicted octanol–water partition coefficient (Wildman–Crippen LogP) is 2.01. The Hall–Kier alpha value is -3.20. The lowest BCUT2D eigenvalue weighted by Crippen LogP contribution is -2.21. The van der Waals surface area contributed by atoms with E-state index in [2.05, 4.69) is 10.5 Å². The summed E-state index contributed by atoms with van der Waals surface area (Å²) in [6, 6.07) is 8.49. The molecule has 1 aliphatic carbocycles. The van der Waals surface area contributed by atoms with Crippen LogP contribution in [0, 0.1) is 0 Å². The maximum Gasteiger partial charge on any atom is 0.313 e. The number of nitrogens with zero attached hydrogens (tertiary/aromatic N) is 1. The largest absolute Gasteiger partial charge is 0.481 e. The van der Waals surface area contributed by atoms with E-state index in [1.54, 1.807) is 30.3 Å². The standard InChI is InChI=1S/C16H10N2O6S/c19-9-6-10(25-7-11(20)21)14(22)12-13(18-24-15(9)12)16(23)17-8-4-2-1-3-5-8/h1-6H,7H2,(H,17,23)(H,20,21). The highest BCUT2D eigenvalue weighted by Crippen LogP contribution is 2.30. The summed E-state index contributed by atoms with van der Waals surface area (Å²) in [5, 5.41) is 14.8. The molecule has 0 radical (unpaired) electrons. The average molecular weight is 358 g/mol. The lowest BCUT2D eigenvalue weighted by Gasteiger charge is -2.10. The van der Waals surface area contributed by atoms with Crippen molar-refractivity contribution in [2.45, 2.75) is 0 Å². The van der Waals surface area contributed by atoms with Crippen LogP contribution in [0.2, 0.25) is 0 Å². The molecule has 1 heterocycles. The Morgan fingerprint density at radius 3 is 2.60 bits per heavy atom. The smallest absolute Gasteiger partial charge is 0.313 e. The van der Waals surface area contributed by atoms with Gasteiger partial charge in [0.2, 0.25) is 17.3 Å². The summed E-state index contributed by atoms with van der Waals surface area (Å²) in [6.45, 7) is 0. The highest BCUT2D eigenvalue weighted by atomic mass is 32.2. The number of anilines is 1. The number of aliphatic carboxylic acids is 1. The summed E-state index contributed by atoms with van der Waals surface area (Å²) in [5.74, 6) is -3.88. The van der Waals surface area contributed by atoms with Crippen molar-refractivity contribution >= 4 is 40.9 Å². The lowest BCUT2D eigenvalue weighted by molar-refractivity contribution is -0.133. The number of allylic oxidation sites excluding steroid dienone is 2. The number of fused-ring (bicyclic) bond motifs is 1. The first-order valence-electron chi connectivity index (χ1n) is 6.98. The van der Waals surface area contributed by atoms with Gasteiger partial charge in [-0.05, 0) is 12.1 Å². The molecule has 3 rings (SSSR count). The number of carboxylic acid groups (broad SMARTS) is 1. The molecule has 25 heavy (non-hydrogen) atoms. The van der Waals surface area contributed by atoms with Gasteiger partial charge >= 0.3 is 5.97 Å². The van der Waals surface area contributed by atoms with E-state index >= 15 is 0 Å². The normalized spacial score (nSPS) is 13.2. The topological polar surface area (TPSA) is 127 Å². The summed E-state index contributed by atoms with van der Waals surface area (Å²) < 4.78 is 4.85. The molecule has 2 aromatic rings. The molecule has 9 heteroatoms. The Morgan fingerprint density at radius 1 is 1.20 bits per heavy atom. The summed E-state index contributed by atoms with van der Waals surface area (Å²) in [7, 11) is 0. The van der Waals surface area contributed by atoms with Crippen molar-refractivity contribution in [2.24, 2.45) is 0 Å². The zero-order valence-electron chi connectivity index (χ0n) is 12.5. The van der Waals surface area contributed by atoms with Crippen LogP contribution in [0.15, 0.2) is 45.8 Å². The number of hydrogen-bond donors (Lipinski definition) is 2. The summed E-state index contributed by atoms with van der Waals surface area (Å²) in [4.78, 5) is 47.5. The number of para-hydroxylation sites is 1. The molecule has 1 amide bonds. The number of Topliss-reactive ketones (excluding diaryl/α,β-unsaturated/α-hetero) is 1. The first-order chi connectivity index (χ1) is 12.0. The molecule has 126 valence electrons. The van der Waals surface area contributed by atoms with Crippen LogP contribution in [0.5, 0.6) is 0 Å². The molecule has 0 saturated heterocycles. The van der Waals surface area contributed by atoms with Crippen molar-refractivity contribution < 1.29 is 28.8 Å². The van der Waals surface area contributed by atoms with E-state index in [1.807, 2.05) is 0 Å². The SMILES string of the molecule is O=C(O)CSC1=CC(=O)c2onc(C(=O)Nc3ccccc3)c2C1=O. The van der Waals surface area contributed by atoms with E-state index in [0.717, 1.165) is 6.08 Å². The summed E-state index contributed by atoms with van der Waals surface area (Å²) in [5.41, 5.74) is -0.0950. The van der Waals surface area contributed by atoms with Crippen molar-refractivity contribution in [2.75, 3.05) is 11.1 Å². The van der Waals surface area contributed by atoms with Gasteiger partial charge in [-0.3, -0.25) is 19.2 Å². The molecule has 0 atom stereocenters. The van der Waals surface area contributed by atoms with Crippen molar-refractivity contribution in [1.29, 1.82) is 0 Å². The van der Waals surface area contributed by atoms with Gasteiger partial charge in [0.05, 0.1) is 10.7 Å². The van der Waals surface area contributed by atoms with Crippen LogP contribution in [0.4, 0.5) is 5.69 Å². The zero-order valence-corrected chi connectivity index (χ0v) is 13.3. The van der Waals surface area contributed by atoms with Gasteiger partial charge in [-0.2, -0.15) is 0 Å². The highest BCUT2D eigenvalue weighted by Gasteiger charge is 2.36. The molecule has 0 bridgehead atoms. The number of carbonyl (C=O) groups is 4. The van der Waals surface area contributed by atoms with Gasteiger partial charge in [0.25, 0.3) is 5.91 Å². The number of amides is 1. The second kappa shape index (κ2) is 6.73. The van der Waals surface area contributed by atoms with Crippen LogP contribution >= 0.6 is 11.8 Å². The third-order valence-corrected chi connectivity index (χ3v) is 4.23. The van der Waals surface area contributed by atoms with Crippen LogP contribution in [0.3, 0.4) is 0 Å². The fourth-order valence-corrected chi connectivity index (χ4v) is 2.86. The number of nitrogens with one attached hydrogen (secondary N) is 1. The molecule has 1 aliphatic rings. The Morgan fingerprint density at radius 2 is 1.92 bits per heavy atom. The molecule has 2 N–H and O–H groups in total. The number of rotatable bonds is 5. The van der Waals surface area contributed by atoms with Gasteiger partial charge in [-0.1, -0.05) is 23.4 Å². The number of carboxylic acids is 1. The van der Waals surface area contributed by atoms with Gasteiger partial charge in [0.1, 0.15) is 5.56 Å². The van der Waals surface area contributed by atoms with Gasteiger partial charge in [0, 0.05) is 11.8 Å². The number of aromatic nitrogens is 1. The first kappa shape index (κ1) is 16.7. The van der Waals surface area contributed by atoms with E-state index < -0.39 is 29.2 Å². The van der Waals surface area contributed by atoms with Crippen molar-refractivity contribution in [3.63, 3.8) is 0 Å². The Kier molecular flexibility index (Phi) is 4.48. The maximum atomic E-state index is 12.5. The zero-order chi connectivity index (χ0) is 18.0. The molecule has 0 spiro atoms. The van der Waals surface area contributed by atoms with Gasteiger partial charge in [0.15, 0.2) is 5.69 Å². The predicted molar refractivity (Wildman–Crippen MR) is 87.7 cm³/mol. The minimum absolute atomic E-state index is 0.0724. The van der Waals surface area contributed by atoms with Crippen LogP contribution in [-0.4, -0.2) is 39.5 Å². The number of benzene rings is 1. The molecule has 8 nitrogen and oxygen atoms in total. The number of ketones is 2. The first-order valence-corrected chi connectivity index (χ1v) is 7.97. The minimum atomic E-state index is -1.13. The van der Waals surface area contributed by atoms with Gasteiger partial charge in [-0.25, -0.2) is 0 Å². The highest BCUT2D eigenvalue weighted by molar-refractivity contribution is 8.04. The number of thioether (sulfide) groups is 1. The van der Waals surface area contributed by atoms with Crippen molar-refractivity contribution in [3.05, 3.63) is 58.3 Å². The van der Waals surface area contributed by atoms with Crippen LogP contribution in [-0.2, 0) is 4.79 Å². The monoisotopic (exact) mass is 358 g/mol. The fraction of sp³-hybridized carbons (Fsp3) is 0.0625. The molecule has 0 saturated carbocycles. The molecule has 0 fully saturated rings. The van der Waals surface area contributed by atoms with Crippen molar-refractivity contribution in [1.82, 2.24) is 5.16 Å². The molecule has 0 unspecified atom stereocenters. The van der Waals surface area contributed by atoms with E-state index in [1.165, 1.54) is 0 Å². The Labute approximate surface area is 144 Å². The van der Waals surface area contributed by atoms with E-state index in [9.17, 15) is 19.2 Å². The second-order valence-electron chi connectivity index (χ2n) is 4.94. The Bertz CT molecular complexity index is 916. The lowest BCUT2D eigenvalue weighted by atomic mass is 9.99. The van der Waals surface area contributed by atoms with Gasteiger partial charge in [-0.15, -0.1) is 11.8 Å². The number of carbonyl (C=O) groups excluding carboxylic acids is 3. The third kappa shape index (κ3) is 3.36. The summed E-state index contributed by atoms with van der Waals surface area (Å²) >= 11 is 0.699. The second-order valence-corrected chi connectivity index (χ2v) is 5.96. The average Bonchev–Trinajstić information content (AvgIpc) is 3.03. The third-order valence-electron chi connectivity index (χ3n) is 3.23. The maximum absolute atomic E-state index is 12.5. The number of hydrogen-bond acceptors (Lipinski definition) is 7. The quantitative estimate of drug-likeness (QED) is 0.831.